The van der Waals surface area contributed by atoms with Crippen LogP contribution in [0.2, 0.25) is 0 Å². The fourth-order valence-electron chi connectivity index (χ4n) is 1.17. The summed E-state index contributed by atoms with van der Waals surface area (Å²) in [6.07, 6.45) is 0. The summed E-state index contributed by atoms with van der Waals surface area (Å²) in [7, 11) is 0. The molecule has 0 aliphatic carbocycles. The second-order valence-electron chi connectivity index (χ2n) is 3.43. The minimum Gasteiger partial charge on any atom is -0.309 e. The summed E-state index contributed by atoms with van der Waals surface area (Å²) in [6.45, 7) is 5.09. The molecule has 0 saturated carbocycles. The van der Waals surface area contributed by atoms with Gasteiger partial charge in [-0.15, -0.1) is 11.6 Å². The fourth-order valence-corrected chi connectivity index (χ4v) is 1.28. The molecule has 1 aromatic rings. The molecule has 0 aromatic heterocycles. The number of rotatable bonds is 4. The number of hydrogen-bond donors (Lipinski definition) is 1. The topological polar surface area (TPSA) is 12.0 Å². The van der Waals surface area contributed by atoms with Gasteiger partial charge in [0, 0.05) is 18.5 Å². The second-order valence-corrected chi connectivity index (χ2v) is 3.73. The quantitative estimate of drug-likeness (QED) is 0.732. The van der Waals surface area contributed by atoms with Crippen LogP contribution in [0.25, 0.3) is 0 Å². The summed E-state index contributed by atoms with van der Waals surface area (Å²) in [5.41, 5.74) is 2.62. The molecule has 13 heavy (non-hydrogen) atoms. The molecule has 1 aromatic carbocycles. The zero-order valence-corrected chi connectivity index (χ0v) is 8.93. The van der Waals surface area contributed by atoms with E-state index in [2.05, 4.69) is 43.4 Å². The average molecular weight is 198 g/mol. The van der Waals surface area contributed by atoms with E-state index in [1.54, 1.807) is 0 Å². The molecule has 0 radical (unpaired) electrons. The second kappa shape index (κ2) is 5.25. The molecule has 0 aliphatic rings. The number of hydrogen-bond acceptors (Lipinski definition) is 1. The Bertz CT molecular complexity index is 260. The normalized spacial score (nSPS) is 12.8. The lowest BCUT2D eigenvalue weighted by molar-refractivity contribution is 0.593. The van der Waals surface area contributed by atoms with Crippen LogP contribution >= 0.6 is 11.6 Å². The molecular weight excluding hydrogens is 182 g/mol. The molecule has 1 nitrogen and oxygen atoms in total. The summed E-state index contributed by atoms with van der Waals surface area (Å²) in [6, 6.07) is 8.88. The van der Waals surface area contributed by atoms with Crippen molar-refractivity contribution in [1.29, 1.82) is 0 Å². The van der Waals surface area contributed by atoms with Crippen molar-refractivity contribution in [1.82, 2.24) is 5.32 Å². The Hall–Kier alpha value is -0.530. The molecule has 2 heteroatoms. The number of alkyl halides is 1. The number of benzene rings is 1. The Kier molecular flexibility index (Phi) is 4.26. The van der Waals surface area contributed by atoms with E-state index in [0.717, 1.165) is 6.54 Å². The van der Waals surface area contributed by atoms with Crippen molar-refractivity contribution in [2.75, 3.05) is 5.88 Å². The standard InChI is InChI=1S/C11H16ClN/c1-9-4-3-5-11(6-9)8-13-10(2)7-12/h3-6,10,13H,7-8H2,1-2H3. The highest BCUT2D eigenvalue weighted by Crippen LogP contribution is 2.03. The number of aryl methyl sites for hydroxylation is 1. The Morgan fingerprint density at radius 3 is 2.85 bits per heavy atom. The van der Waals surface area contributed by atoms with Crippen LogP contribution < -0.4 is 5.32 Å². The van der Waals surface area contributed by atoms with Gasteiger partial charge in [0.2, 0.25) is 0 Å². The minimum absolute atomic E-state index is 0.377. The first-order valence-electron chi connectivity index (χ1n) is 4.57. The van der Waals surface area contributed by atoms with Gasteiger partial charge in [-0.25, -0.2) is 0 Å². The summed E-state index contributed by atoms with van der Waals surface area (Å²) in [5, 5.41) is 3.34. The summed E-state index contributed by atoms with van der Waals surface area (Å²) < 4.78 is 0. The molecule has 0 fully saturated rings. The van der Waals surface area contributed by atoms with Gasteiger partial charge in [0.1, 0.15) is 0 Å². The first-order chi connectivity index (χ1) is 6.22. The lowest BCUT2D eigenvalue weighted by Gasteiger charge is -2.10. The van der Waals surface area contributed by atoms with E-state index in [1.165, 1.54) is 11.1 Å². The van der Waals surface area contributed by atoms with Crippen LogP contribution in [0.4, 0.5) is 0 Å². The maximum Gasteiger partial charge on any atom is 0.0374 e. The molecule has 1 atom stereocenters. The van der Waals surface area contributed by atoms with Crippen LogP contribution in [0.1, 0.15) is 18.1 Å². The summed E-state index contributed by atoms with van der Waals surface area (Å²) in [5.74, 6) is 0.659. The van der Waals surface area contributed by atoms with Gasteiger partial charge in [-0.3, -0.25) is 0 Å². The van der Waals surface area contributed by atoms with Crippen molar-refractivity contribution < 1.29 is 0 Å². The van der Waals surface area contributed by atoms with Gasteiger partial charge in [0.15, 0.2) is 0 Å². The van der Waals surface area contributed by atoms with Crippen molar-refractivity contribution >= 4 is 11.6 Å². The zero-order chi connectivity index (χ0) is 9.68. The Morgan fingerprint density at radius 1 is 1.46 bits per heavy atom. The maximum absolute atomic E-state index is 5.69. The van der Waals surface area contributed by atoms with Crippen LogP contribution in [-0.4, -0.2) is 11.9 Å². The zero-order valence-electron chi connectivity index (χ0n) is 8.18. The van der Waals surface area contributed by atoms with Crippen molar-refractivity contribution in [2.45, 2.75) is 26.4 Å². The SMILES string of the molecule is Cc1cccc(CNC(C)CCl)c1. The molecule has 1 rings (SSSR count). The van der Waals surface area contributed by atoms with Crippen LogP contribution in [-0.2, 0) is 6.54 Å². The summed E-state index contributed by atoms with van der Waals surface area (Å²) in [4.78, 5) is 0. The van der Waals surface area contributed by atoms with Crippen molar-refractivity contribution in [3.63, 3.8) is 0 Å². The van der Waals surface area contributed by atoms with Gasteiger partial charge >= 0.3 is 0 Å². The number of halogens is 1. The van der Waals surface area contributed by atoms with E-state index in [-0.39, 0.29) is 0 Å². The Labute approximate surface area is 85.1 Å². The van der Waals surface area contributed by atoms with E-state index in [4.69, 9.17) is 11.6 Å². The average Bonchev–Trinajstić information content (AvgIpc) is 2.14. The first-order valence-corrected chi connectivity index (χ1v) is 5.10. The monoisotopic (exact) mass is 197 g/mol. The largest absolute Gasteiger partial charge is 0.309 e. The fraction of sp³-hybridized carbons (Fsp3) is 0.455. The van der Waals surface area contributed by atoms with Crippen LogP contribution in [0.5, 0.6) is 0 Å². The third-order valence-electron chi connectivity index (χ3n) is 1.97. The van der Waals surface area contributed by atoms with E-state index < -0.39 is 0 Å². The molecule has 0 bridgehead atoms. The highest BCUT2D eigenvalue weighted by Gasteiger charge is 1.98. The van der Waals surface area contributed by atoms with Crippen LogP contribution in [0, 0.1) is 6.92 Å². The van der Waals surface area contributed by atoms with E-state index in [9.17, 15) is 0 Å². The molecule has 1 unspecified atom stereocenters. The first kappa shape index (κ1) is 10.6. The van der Waals surface area contributed by atoms with Crippen molar-refractivity contribution in [3.05, 3.63) is 35.4 Å². The van der Waals surface area contributed by atoms with Crippen molar-refractivity contribution in [3.8, 4) is 0 Å². The highest BCUT2D eigenvalue weighted by molar-refractivity contribution is 6.18. The minimum atomic E-state index is 0.377. The number of nitrogens with one attached hydrogen (secondary N) is 1. The molecular formula is C11H16ClN. The highest BCUT2D eigenvalue weighted by atomic mass is 35.5. The molecule has 0 spiro atoms. The molecule has 1 N–H and O–H groups in total. The Morgan fingerprint density at radius 2 is 2.23 bits per heavy atom. The predicted octanol–water partition coefficient (Wildman–Crippen LogP) is 2.71. The predicted molar refractivity (Wildman–Crippen MR) is 58.2 cm³/mol. The molecule has 0 heterocycles. The van der Waals surface area contributed by atoms with Crippen LogP contribution in [0.3, 0.4) is 0 Å². The smallest absolute Gasteiger partial charge is 0.0374 e. The van der Waals surface area contributed by atoms with Gasteiger partial charge < -0.3 is 5.32 Å². The summed E-state index contributed by atoms with van der Waals surface area (Å²) >= 11 is 5.69. The lowest BCUT2D eigenvalue weighted by atomic mass is 10.1. The van der Waals surface area contributed by atoms with Gasteiger partial charge in [-0.05, 0) is 19.4 Å². The van der Waals surface area contributed by atoms with Gasteiger partial charge in [0.25, 0.3) is 0 Å². The van der Waals surface area contributed by atoms with Gasteiger partial charge in [0.05, 0.1) is 0 Å². The molecule has 0 aliphatic heterocycles. The van der Waals surface area contributed by atoms with Gasteiger partial charge in [-0.2, -0.15) is 0 Å². The van der Waals surface area contributed by atoms with Gasteiger partial charge in [-0.1, -0.05) is 29.8 Å². The molecule has 0 saturated heterocycles. The van der Waals surface area contributed by atoms with E-state index in [0.29, 0.717) is 11.9 Å². The third-order valence-corrected chi connectivity index (χ3v) is 2.43. The van der Waals surface area contributed by atoms with Crippen LogP contribution in [0.15, 0.2) is 24.3 Å². The maximum atomic E-state index is 5.69. The molecule has 72 valence electrons. The molecule has 0 amide bonds. The van der Waals surface area contributed by atoms with E-state index in [1.807, 2.05) is 0 Å². The van der Waals surface area contributed by atoms with Crippen molar-refractivity contribution in [2.24, 2.45) is 0 Å². The lowest BCUT2D eigenvalue weighted by Crippen LogP contribution is -2.26. The Balaban J connectivity index is 2.45. The van der Waals surface area contributed by atoms with E-state index >= 15 is 0 Å². The third kappa shape index (κ3) is 3.79.